The lowest BCUT2D eigenvalue weighted by atomic mass is 9.67. The summed E-state index contributed by atoms with van der Waals surface area (Å²) < 4.78 is 12.0. The lowest BCUT2D eigenvalue weighted by molar-refractivity contribution is -0.151. The smallest absolute Gasteiger partial charge is 0.306 e. The maximum atomic E-state index is 12.8. The van der Waals surface area contributed by atoms with Crippen LogP contribution in [-0.2, 0) is 19.1 Å². The molecule has 3 atom stereocenters. The van der Waals surface area contributed by atoms with Crippen LogP contribution in [0, 0.1) is 16.7 Å². The molecule has 0 aromatic rings. The molecule has 0 N–H and O–H groups in total. The summed E-state index contributed by atoms with van der Waals surface area (Å²) >= 11 is 0. The molecule has 0 bridgehead atoms. The molecule has 0 aromatic heterocycles. The average Bonchev–Trinajstić information content (AvgIpc) is 3.37. The van der Waals surface area contributed by atoms with Gasteiger partial charge in [-0.3, -0.25) is 9.59 Å². The number of ether oxygens (including phenoxy) is 2. The zero-order valence-corrected chi connectivity index (χ0v) is 52.6. The van der Waals surface area contributed by atoms with Crippen LogP contribution in [0.4, 0.5) is 0 Å². The van der Waals surface area contributed by atoms with Crippen LogP contribution in [0.3, 0.4) is 0 Å². The first-order chi connectivity index (χ1) is 37.5. The van der Waals surface area contributed by atoms with Crippen LogP contribution in [-0.4, -0.2) is 24.1 Å². The first-order valence-electron chi connectivity index (χ1n) is 32.0. The van der Waals surface area contributed by atoms with E-state index in [0.29, 0.717) is 18.8 Å². The maximum Gasteiger partial charge on any atom is 0.306 e. The zero-order valence-electron chi connectivity index (χ0n) is 52.6. The fourth-order valence-electron chi connectivity index (χ4n) is 11.3. The second kappa shape index (κ2) is 42.7. The summed E-state index contributed by atoms with van der Waals surface area (Å²) in [5, 5.41) is 0. The number of hydrogen-bond donors (Lipinski definition) is 0. The Bertz CT molecular complexity index is 2060. The summed E-state index contributed by atoms with van der Waals surface area (Å²) in [6, 6.07) is 0. The van der Waals surface area contributed by atoms with Crippen molar-refractivity contribution in [2.24, 2.45) is 16.7 Å². The molecular formula is C74H118O4. The van der Waals surface area contributed by atoms with E-state index in [-0.39, 0.29) is 35.0 Å². The normalized spacial score (nSPS) is 19.7. The topological polar surface area (TPSA) is 52.6 Å². The molecule has 4 heteroatoms. The van der Waals surface area contributed by atoms with E-state index in [9.17, 15) is 9.59 Å². The van der Waals surface area contributed by atoms with Gasteiger partial charge < -0.3 is 9.47 Å². The van der Waals surface area contributed by atoms with Crippen molar-refractivity contribution >= 4 is 11.9 Å². The van der Waals surface area contributed by atoms with E-state index in [0.717, 1.165) is 44.9 Å². The molecule has 0 spiro atoms. The van der Waals surface area contributed by atoms with Crippen molar-refractivity contribution in [3.05, 3.63) is 142 Å². The molecule has 0 heterocycles. The molecule has 0 aromatic carbocycles. The molecule has 0 saturated heterocycles. The van der Waals surface area contributed by atoms with Crippen LogP contribution in [0.2, 0.25) is 0 Å². The molecule has 2 aliphatic carbocycles. The minimum absolute atomic E-state index is 0.0116. The van der Waals surface area contributed by atoms with E-state index in [2.05, 4.69) is 186 Å². The molecule has 0 unspecified atom stereocenters. The molecule has 438 valence electrons. The Balaban J connectivity index is 1.72. The fourth-order valence-corrected chi connectivity index (χ4v) is 11.3. The van der Waals surface area contributed by atoms with Crippen LogP contribution in [0.5, 0.6) is 0 Å². The number of carbonyl (C=O) groups excluding carboxylic acids is 2. The summed E-state index contributed by atoms with van der Waals surface area (Å²) in [6.45, 7) is 26.6. The molecule has 0 fully saturated rings. The second-order valence-corrected chi connectivity index (χ2v) is 25.0. The lowest BCUT2D eigenvalue weighted by Crippen LogP contribution is -2.34. The van der Waals surface area contributed by atoms with E-state index >= 15 is 0 Å². The van der Waals surface area contributed by atoms with Gasteiger partial charge in [-0.15, -0.1) is 0 Å². The van der Waals surface area contributed by atoms with Gasteiger partial charge in [0.2, 0.25) is 0 Å². The van der Waals surface area contributed by atoms with Gasteiger partial charge in [0.25, 0.3) is 0 Å². The fraction of sp³-hybridized carbons (Fsp3) is 0.649. The minimum Gasteiger partial charge on any atom is -0.462 e. The maximum absolute atomic E-state index is 12.8. The standard InChI is InChI=1S/C74H118O4/c1-13-15-17-19-21-23-25-27-28-30-32-34-36-38-40-52-72(76)78-68-58-66(8)70(74(11,12)60-68)56-54-64(6)50-44-48-62(4)46-42-41-45-61(3)47-43-49-63(5)53-55-69-65(7)57-67(59-73(69,9)10)77-71(75)51-39-37-35-33-31-29-26-24-22-20-18-16-14-2/h27-28,41-50,53-56,58,67-68,70H,13-26,29-40,51-52,57,59-60H2,1-12H3/b28-27-,42-41+,47-43+,48-44+,55-53+,56-54+,61-45+,62-46+,63-49+,64-50+/t67-,68+,70+/m1/s1. The summed E-state index contributed by atoms with van der Waals surface area (Å²) in [5.74, 6) is 0.209. The molecule has 0 saturated carbocycles. The monoisotopic (exact) mass is 1070 g/mol. The molecular weight excluding hydrogens is 953 g/mol. The Morgan fingerprint density at radius 2 is 0.923 bits per heavy atom. The third kappa shape index (κ3) is 34.1. The van der Waals surface area contributed by atoms with Crippen molar-refractivity contribution in [2.45, 2.75) is 294 Å². The number of carbonyl (C=O) groups is 2. The molecule has 2 aliphatic rings. The predicted octanol–water partition coefficient (Wildman–Crippen LogP) is 23.0. The van der Waals surface area contributed by atoms with E-state index in [4.69, 9.17) is 9.47 Å². The Morgan fingerprint density at radius 1 is 0.513 bits per heavy atom. The number of rotatable bonds is 41. The summed E-state index contributed by atoms with van der Waals surface area (Å²) in [6.07, 6.45) is 73.9. The molecule has 0 aliphatic heterocycles. The van der Waals surface area contributed by atoms with E-state index in [1.165, 1.54) is 180 Å². The van der Waals surface area contributed by atoms with Crippen molar-refractivity contribution in [1.82, 2.24) is 0 Å². The highest BCUT2D eigenvalue weighted by molar-refractivity contribution is 5.70. The van der Waals surface area contributed by atoms with E-state index < -0.39 is 0 Å². The average molecular weight is 1070 g/mol. The molecule has 0 amide bonds. The van der Waals surface area contributed by atoms with Crippen molar-refractivity contribution in [2.75, 3.05) is 0 Å². The van der Waals surface area contributed by atoms with Crippen molar-refractivity contribution in [3.8, 4) is 0 Å². The third-order valence-corrected chi connectivity index (χ3v) is 16.0. The van der Waals surface area contributed by atoms with Gasteiger partial charge in [-0.1, -0.05) is 301 Å². The van der Waals surface area contributed by atoms with Crippen LogP contribution in [0.25, 0.3) is 0 Å². The minimum atomic E-state index is -0.151. The van der Waals surface area contributed by atoms with Gasteiger partial charge in [0.05, 0.1) is 0 Å². The SMILES string of the molecule is CCCCCCCC/C=C\CCCCCCCC(=O)O[C@H]1C=C(C)[C@H](/C=C/C(C)=C/C=C/C(C)=C/C=C/C=C(C)/C=C/C=C(C)/C=C/C2=C(C)C[C@@H](OC(=O)CCCCCCCCCCCCCCC)CC2(C)C)C(C)(C)C1. The quantitative estimate of drug-likeness (QED) is 0.0265. The van der Waals surface area contributed by atoms with Gasteiger partial charge in [0, 0.05) is 25.2 Å². The first-order valence-corrected chi connectivity index (χ1v) is 32.0. The van der Waals surface area contributed by atoms with E-state index in [1.807, 2.05) is 0 Å². The van der Waals surface area contributed by atoms with Gasteiger partial charge in [-0.05, 0) is 115 Å². The van der Waals surface area contributed by atoms with E-state index in [1.54, 1.807) is 0 Å². The van der Waals surface area contributed by atoms with Crippen molar-refractivity contribution in [3.63, 3.8) is 0 Å². The summed E-state index contributed by atoms with van der Waals surface area (Å²) in [4.78, 5) is 25.6. The summed E-state index contributed by atoms with van der Waals surface area (Å²) in [7, 11) is 0. The van der Waals surface area contributed by atoms with Crippen molar-refractivity contribution in [1.29, 1.82) is 0 Å². The van der Waals surface area contributed by atoms with Crippen molar-refractivity contribution < 1.29 is 19.1 Å². The lowest BCUT2D eigenvalue weighted by Gasteiger charge is -2.40. The largest absolute Gasteiger partial charge is 0.462 e. The zero-order chi connectivity index (χ0) is 57.3. The number of unbranched alkanes of at least 4 members (excludes halogenated alkanes) is 23. The number of allylic oxidation sites excluding steroid dienone is 22. The van der Waals surface area contributed by atoms with Gasteiger partial charge in [0.1, 0.15) is 12.2 Å². The summed E-state index contributed by atoms with van der Waals surface area (Å²) in [5.41, 5.74) is 8.62. The number of hydrogen-bond acceptors (Lipinski definition) is 4. The van der Waals surface area contributed by atoms with Crippen LogP contribution >= 0.6 is 0 Å². The Morgan fingerprint density at radius 3 is 1.38 bits per heavy atom. The second-order valence-electron chi connectivity index (χ2n) is 25.0. The van der Waals surface area contributed by atoms with Gasteiger partial charge in [0.15, 0.2) is 0 Å². The predicted molar refractivity (Wildman–Crippen MR) is 342 cm³/mol. The molecule has 2 rings (SSSR count). The van der Waals surface area contributed by atoms with Gasteiger partial charge in [-0.2, -0.15) is 0 Å². The molecule has 78 heavy (non-hydrogen) atoms. The van der Waals surface area contributed by atoms with Crippen LogP contribution in [0.15, 0.2) is 142 Å². The first kappa shape index (κ1) is 69.9. The number of esters is 2. The highest BCUT2D eigenvalue weighted by Gasteiger charge is 2.37. The molecule has 0 radical (unpaired) electrons. The van der Waals surface area contributed by atoms with Gasteiger partial charge in [-0.25, -0.2) is 0 Å². The highest BCUT2D eigenvalue weighted by Crippen LogP contribution is 2.44. The Hall–Kier alpha value is -4.18. The van der Waals surface area contributed by atoms with Gasteiger partial charge >= 0.3 is 11.9 Å². The Labute approximate surface area is 482 Å². The highest BCUT2D eigenvalue weighted by atomic mass is 16.5. The Kier molecular flexibility index (Phi) is 38.3. The van der Waals surface area contributed by atoms with Crippen LogP contribution < -0.4 is 0 Å². The molecule has 4 nitrogen and oxygen atoms in total. The van der Waals surface area contributed by atoms with Crippen LogP contribution in [0.1, 0.15) is 282 Å². The third-order valence-electron chi connectivity index (χ3n) is 16.0.